The van der Waals surface area contributed by atoms with Crippen LogP contribution in [0.25, 0.3) is 0 Å². The first-order chi connectivity index (χ1) is 12.3. The fraction of sp³-hybridized carbons (Fsp3) is 0.667. The Balaban J connectivity index is 1.87. The molecule has 0 saturated carbocycles. The Labute approximate surface area is 161 Å². The van der Waals surface area contributed by atoms with Crippen molar-refractivity contribution in [2.45, 2.75) is 77.0 Å². The number of ether oxygens (including phenoxy) is 1. The lowest BCUT2D eigenvalue weighted by molar-refractivity contribution is 0.112. The number of benzene rings is 1. The van der Waals surface area contributed by atoms with E-state index in [1.165, 1.54) is 76.7 Å². The standard InChI is InChI=1S/C21H33BrO3/c22-15-11-9-7-5-3-1-2-4-6-8-10-12-16-25-20-14-13-19(18-23)21(24)17-20/h13-14,17-18,24H,1-12,15-16H2. The quantitative estimate of drug-likeness (QED) is 0.187. The van der Waals surface area contributed by atoms with Gasteiger partial charge in [-0.3, -0.25) is 4.79 Å². The van der Waals surface area contributed by atoms with Crippen molar-refractivity contribution < 1.29 is 14.6 Å². The van der Waals surface area contributed by atoms with E-state index in [4.69, 9.17) is 4.74 Å². The fourth-order valence-corrected chi connectivity index (χ4v) is 3.26. The monoisotopic (exact) mass is 412 g/mol. The second kappa shape index (κ2) is 15.2. The van der Waals surface area contributed by atoms with Crippen molar-refractivity contribution in [3.05, 3.63) is 23.8 Å². The SMILES string of the molecule is O=Cc1ccc(OCCCCCCCCCCCCCCBr)cc1O. The molecular formula is C21H33BrO3. The van der Waals surface area contributed by atoms with Gasteiger partial charge in [-0.05, 0) is 25.0 Å². The number of carbonyl (C=O) groups is 1. The number of aldehydes is 1. The molecule has 0 unspecified atom stereocenters. The van der Waals surface area contributed by atoms with Crippen LogP contribution in [-0.2, 0) is 0 Å². The number of hydrogen-bond acceptors (Lipinski definition) is 3. The maximum atomic E-state index is 10.6. The van der Waals surface area contributed by atoms with Gasteiger partial charge in [-0.15, -0.1) is 0 Å². The number of aromatic hydroxyl groups is 1. The van der Waals surface area contributed by atoms with Crippen LogP contribution in [0.3, 0.4) is 0 Å². The second-order valence-corrected chi connectivity index (χ2v) is 7.41. The zero-order valence-corrected chi connectivity index (χ0v) is 16.9. The van der Waals surface area contributed by atoms with Crippen molar-refractivity contribution in [3.63, 3.8) is 0 Å². The summed E-state index contributed by atoms with van der Waals surface area (Å²) in [7, 11) is 0. The van der Waals surface area contributed by atoms with Crippen molar-refractivity contribution in [1.82, 2.24) is 0 Å². The summed E-state index contributed by atoms with van der Waals surface area (Å²) in [6, 6.07) is 4.81. The van der Waals surface area contributed by atoms with Gasteiger partial charge in [0.2, 0.25) is 0 Å². The molecule has 142 valence electrons. The molecule has 0 heterocycles. The molecule has 0 aromatic heterocycles. The summed E-state index contributed by atoms with van der Waals surface area (Å²) in [5.41, 5.74) is 0.297. The van der Waals surface area contributed by atoms with Gasteiger partial charge in [-0.2, -0.15) is 0 Å². The van der Waals surface area contributed by atoms with Crippen LogP contribution in [0.5, 0.6) is 11.5 Å². The first-order valence-corrected chi connectivity index (χ1v) is 10.9. The summed E-state index contributed by atoms with van der Waals surface area (Å²) < 4.78 is 5.61. The Hall–Kier alpha value is -1.03. The first kappa shape index (κ1) is 22.0. The van der Waals surface area contributed by atoms with Crippen molar-refractivity contribution in [2.75, 3.05) is 11.9 Å². The summed E-state index contributed by atoms with van der Waals surface area (Å²) in [6.45, 7) is 0.661. The van der Waals surface area contributed by atoms with Crippen LogP contribution in [0.2, 0.25) is 0 Å². The first-order valence-electron chi connectivity index (χ1n) is 9.75. The van der Waals surface area contributed by atoms with Crippen molar-refractivity contribution >= 4 is 22.2 Å². The smallest absolute Gasteiger partial charge is 0.153 e. The molecule has 0 aliphatic heterocycles. The largest absolute Gasteiger partial charge is 0.507 e. The van der Waals surface area contributed by atoms with Gasteiger partial charge in [-0.1, -0.05) is 80.1 Å². The summed E-state index contributed by atoms with van der Waals surface area (Å²) >= 11 is 3.47. The second-order valence-electron chi connectivity index (χ2n) is 6.62. The summed E-state index contributed by atoms with van der Waals surface area (Å²) in [6.07, 6.45) is 16.4. The highest BCUT2D eigenvalue weighted by Gasteiger charge is 2.02. The number of alkyl halides is 1. The average molecular weight is 413 g/mol. The molecular weight excluding hydrogens is 380 g/mol. The lowest BCUT2D eigenvalue weighted by Crippen LogP contribution is -1.97. The van der Waals surface area contributed by atoms with Gasteiger partial charge in [-0.25, -0.2) is 0 Å². The molecule has 0 aliphatic carbocycles. The predicted molar refractivity (Wildman–Crippen MR) is 108 cm³/mol. The van der Waals surface area contributed by atoms with E-state index in [1.54, 1.807) is 12.1 Å². The number of carbonyl (C=O) groups excluding carboxylic acids is 1. The van der Waals surface area contributed by atoms with E-state index in [9.17, 15) is 9.90 Å². The van der Waals surface area contributed by atoms with E-state index in [0.717, 1.165) is 11.8 Å². The summed E-state index contributed by atoms with van der Waals surface area (Å²) in [4.78, 5) is 10.6. The molecule has 25 heavy (non-hydrogen) atoms. The normalized spacial score (nSPS) is 10.8. The van der Waals surface area contributed by atoms with Crippen LogP contribution < -0.4 is 4.74 Å². The molecule has 4 heteroatoms. The lowest BCUT2D eigenvalue weighted by Gasteiger charge is -2.07. The Morgan fingerprint density at radius 2 is 1.36 bits per heavy atom. The summed E-state index contributed by atoms with van der Waals surface area (Å²) in [5, 5.41) is 10.7. The number of unbranched alkanes of at least 4 members (excludes halogenated alkanes) is 11. The minimum Gasteiger partial charge on any atom is -0.507 e. The molecule has 1 aromatic carbocycles. The van der Waals surface area contributed by atoms with Crippen molar-refractivity contribution in [1.29, 1.82) is 0 Å². The van der Waals surface area contributed by atoms with Crippen LogP contribution in [0.1, 0.15) is 87.4 Å². The van der Waals surface area contributed by atoms with E-state index in [-0.39, 0.29) is 5.75 Å². The minimum absolute atomic E-state index is 0.0179. The van der Waals surface area contributed by atoms with Gasteiger partial charge in [0, 0.05) is 11.4 Å². The van der Waals surface area contributed by atoms with E-state index >= 15 is 0 Å². The van der Waals surface area contributed by atoms with Gasteiger partial charge in [0.15, 0.2) is 6.29 Å². The molecule has 0 amide bonds. The van der Waals surface area contributed by atoms with Gasteiger partial charge < -0.3 is 9.84 Å². The zero-order chi connectivity index (χ0) is 18.2. The number of halogens is 1. The maximum Gasteiger partial charge on any atom is 0.153 e. The zero-order valence-electron chi connectivity index (χ0n) is 15.4. The highest BCUT2D eigenvalue weighted by Crippen LogP contribution is 2.22. The predicted octanol–water partition coefficient (Wildman–Crippen LogP) is 6.66. The molecule has 0 atom stereocenters. The molecule has 3 nitrogen and oxygen atoms in total. The van der Waals surface area contributed by atoms with Gasteiger partial charge >= 0.3 is 0 Å². The van der Waals surface area contributed by atoms with Crippen LogP contribution in [0.4, 0.5) is 0 Å². The van der Waals surface area contributed by atoms with Crippen LogP contribution in [0.15, 0.2) is 18.2 Å². The van der Waals surface area contributed by atoms with Crippen LogP contribution in [-0.4, -0.2) is 23.3 Å². The molecule has 1 aromatic rings. The maximum absolute atomic E-state index is 10.6. The van der Waals surface area contributed by atoms with Crippen molar-refractivity contribution in [2.24, 2.45) is 0 Å². The Bertz CT molecular complexity index is 462. The highest BCUT2D eigenvalue weighted by molar-refractivity contribution is 9.09. The van der Waals surface area contributed by atoms with Gasteiger partial charge in [0.05, 0.1) is 12.2 Å². The molecule has 0 spiro atoms. The molecule has 1 N–H and O–H groups in total. The third-order valence-corrected chi connectivity index (χ3v) is 4.99. The van der Waals surface area contributed by atoms with Crippen molar-refractivity contribution in [3.8, 4) is 11.5 Å². The van der Waals surface area contributed by atoms with Gasteiger partial charge in [0.1, 0.15) is 11.5 Å². The average Bonchev–Trinajstić information content (AvgIpc) is 2.62. The molecule has 0 aliphatic rings. The lowest BCUT2D eigenvalue weighted by atomic mass is 10.1. The Morgan fingerprint density at radius 1 is 0.840 bits per heavy atom. The number of phenols is 1. The third kappa shape index (κ3) is 11.2. The molecule has 0 saturated heterocycles. The number of rotatable bonds is 16. The van der Waals surface area contributed by atoms with E-state index < -0.39 is 0 Å². The molecule has 0 fully saturated rings. The van der Waals surface area contributed by atoms with Crippen LogP contribution in [0, 0.1) is 0 Å². The highest BCUT2D eigenvalue weighted by atomic mass is 79.9. The van der Waals surface area contributed by atoms with E-state index in [1.807, 2.05) is 0 Å². The molecule has 0 bridgehead atoms. The number of phenolic OH excluding ortho intramolecular Hbond substituents is 1. The van der Waals surface area contributed by atoms with Crippen LogP contribution >= 0.6 is 15.9 Å². The van der Waals surface area contributed by atoms with Gasteiger partial charge in [0.25, 0.3) is 0 Å². The summed E-state index contributed by atoms with van der Waals surface area (Å²) in [5.74, 6) is 0.606. The molecule has 1 rings (SSSR count). The number of hydrogen-bond donors (Lipinski definition) is 1. The minimum atomic E-state index is -0.0179. The Kier molecular flexibility index (Phi) is 13.4. The van der Waals surface area contributed by atoms with E-state index in [2.05, 4.69) is 15.9 Å². The van der Waals surface area contributed by atoms with E-state index in [0.29, 0.717) is 24.2 Å². The topological polar surface area (TPSA) is 46.5 Å². The molecule has 0 radical (unpaired) electrons. The third-order valence-electron chi connectivity index (χ3n) is 4.43. The Morgan fingerprint density at radius 3 is 1.84 bits per heavy atom. The fourth-order valence-electron chi connectivity index (χ4n) is 2.87.